The first-order chi connectivity index (χ1) is 9.28. The van der Waals surface area contributed by atoms with Crippen molar-refractivity contribution in [1.29, 1.82) is 0 Å². The quantitative estimate of drug-likeness (QED) is 0.469. The van der Waals surface area contributed by atoms with Gasteiger partial charge in [-0.15, -0.1) is 0 Å². The molecule has 0 atom stereocenters. The van der Waals surface area contributed by atoms with Crippen LogP contribution in [0.25, 0.3) is 0 Å². The summed E-state index contributed by atoms with van der Waals surface area (Å²) < 4.78 is 18.4. The van der Waals surface area contributed by atoms with E-state index in [4.69, 9.17) is 4.74 Å². The molecule has 104 valence electrons. The first-order valence-electron chi connectivity index (χ1n) is 6.71. The fraction of sp³-hybridized carbons (Fsp3) is 0.500. The van der Waals surface area contributed by atoms with E-state index in [0.717, 1.165) is 12.5 Å². The summed E-state index contributed by atoms with van der Waals surface area (Å²) in [6.45, 7) is 3.85. The average molecular weight is 265 g/mol. The Morgan fingerprint density at radius 1 is 1.47 bits per heavy atom. The summed E-state index contributed by atoms with van der Waals surface area (Å²) in [5.41, 5.74) is 0. The number of rotatable bonds is 6. The number of nitrogens with one attached hydrogen (secondary N) is 2. The SMILES string of the molecule is CCNC(=NCCOc1cccc(F)c1)NC1CC1. The molecule has 5 heteroatoms. The summed E-state index contributed by atoms with van der Waals surface area (Å²) in [5.74, 6) is 1.08. The van der Waals surface area contributed by atoms with Crippen molar-refractivity contribution in [3.05, 3.63) is 30.1 Å². The average Bonchev–Trinajstić information content (AvgIpc) is 3.19. The van der Waals surface area contributed by atoms with Crippen molar-refractivity contribution < 1.29 is 9.13 Å². The van der Waals surface area contributed by atoms with Gasteiger partial charge >= 0.3 is 0 Å². The van der Waals surface area contributed by atoms with Gasteiger partial charge in [0.1, 0.15) is 18.2 Å². The van der Waals surface area contributed by atoms with Crippen molar-refractivity contribution in [2.45, 2.75) is 25.8 Å². The highest BCUT2D eigenvalue weighted by atomic mass is 19.1. The van der Waals surface area contributed by atoms with Gasteiger partial charge in [0.05, 0.1) is 6.54 Å². The third kappa shape index (κ3) is 5.16. The van der Waals surface area contributed by atoms with Crippen LogP contribution in [-0.2, 0) is 0 Å². The molecule has 1 aromatic carbocycles. The highest BCUT2D eigenvalue weighted by molar-refractivity contribution is 5.80. The molecule has 1 saturated carbocycles. The molecule has 0 spiro atoms. The van der Waals surface area contributed by atoms with Gasteiger partial charge in [0, 0.05) is 18.7 Å². The van der Waals surface area contributed by atoms with Crippen LogP contribution in [0.3, 0.4) is 0 Å². The van der Waals surface area contributed by atoms with Crippen LogP contribution in [0.2, 0.25) is 0 Å². The normalized spacial score (nSPS) is 15.2. The number of nitrogens with zero attached hydrogens (tertiary/aromatic N) is 1. The molecule has 2 N–H and O–H groups in total. The van der Waals surface area contributed by atoms with Gasteiger partial charge in [-0.3, -0.25) is 0 Å². The van der Waals surface area contributed by atoms with Crippen LogP contribution in [0.4, 0.5) is 4.39 Å². The minimum Gasteiger partial charge on any atom is -0.492 e. The standard InChI is InChI=1S/C14H20FN3O/c1-2-16-14(18-12-6-7-12)17-8-9-19-13-5-3-4-11(15)10-13/h3-5,10,12H,2,6-9H2,1H3,(H2,16,17,18). The van der Waals surface area contributed by atoms with E-state index in [1.54, 1.807) is 12.1 Å². The van der Waals surface area contributed by atoms with Gasteiger partial charge in [-0.1, -0.05) is 6.07 Å². The summed E-state index contributed by atoms with van der Waals surface area (Å²) in [6, 6.07) is 6.71. The third-order valence-electron chi connectivity index (χ3n) is 2.69. The van der Waals surface area contributed by atoms with Crippen LogP contribution in [-0.4, -0.2) is 31.7 Å². The van der Waals surface area contributed by atoms with E-state index in [-0.39, 0.29) is 5.82 Å². The molecule has 1 aliphatic carbocycles. The molecule has 0 amide bonds. The molecule has 1 fully saturated rings. The molecule has 0 radical (unpaired) electrons. The molecule has 0 unspecified atom stereocenters. The van der Waals surface area contributed by atoms with Crippen molar-refractivity contribution in [3.8, 4) is 5.75 Å². The summed E-state index contributed by atoms with van der Waals surface area (Å²) in [7, 11) is 0. The summed E-state index contributed by atoms with van der Waals surface area (Å²) in [4.78, 5) is 4.41. The van der Waals surface area contributed by atoms with Crippen LogP contribution in [0.1, 0.15) is 19.8 Å². The Labute approximate surface area is 113 Å². The van der Waals surface area contributed by atoms with Gasteiger partial charge in [-0.2, -0.15) is 0 Å². The minimum absolute atomic E-state index is 0.287. The molecule has 2 rings (SSSR count). The zero-order chi connectivity index (χ0) is 13.5. The van der Waals surface area contributed by atoms with Gasteiger partial charge in [0.2, 0.25) is 0 Å². The zero-order valence-electron chi connectivity index (χ0n) is 11.2. The van der Waals surface area contributed by atoms with Crippen molar-refractivity contribution in [3.63, 3.8) is 0 Å². The molecule has 0 saturated heterocycles. The first kappa shape index (κ1) is 13.6. The molecule has 0 bridgehead atoms. The smallest absolute Gasteiger partial charge is 0.191 e. The number of aliphatic imine (C=N–C) groups is 1. The Morgan fingerprint density at radius 3 is 3.00 bits per heavy atom. The molecule has 1 aromatic rings. The van der Waals surface area contributed by atoms with Crippen molar-refractivity contribution in [1.82, 2.24) is 10.6 Å². The molecule has 4 nitrogen and oxygen atoms in total. The second-order valence-corrected chi connectivity index (χ2v) is 4.49. The lowest BCUT2D eigenvalue weighted by Crippen LogP contribution is -2.38. The highest BCUT2D eigenvalue weighted by Gasteiger charge is 2.21. The lowest BCUT2D eigenvalue weighted by molar-refractivity contribution is 0.326. The van der Waals surface area contributed by atoms with Crippen molar-refractivity contribution in [2.24, 2.45) is 4.99 Å². The van der Waals surface area contributed by atoms with Crippen LogP contribution in [0.15, 0.2) is 29.3 Å². The Hall–Kier alpha value is -1.78. The van der Waals surface area contributed by atoms with Crippen LogP contribution < -0.4 is 15.4 Å². The Morgan fingerprint density at radius 2 is 2.32 bits per heavy atom. The maximum absolute atomic E-state index is 12.9. The van der Waals surface area contributed by atoms with Crippen LogP contribution >= 0.6 is 0 Å². The number of benzene rings is 1. The van der Waals surface area contributed by atoms with Gasteiger partial charge in [0.15, 0.2) is 5.96 Å². The van der Waals surface area contributed by atoms with Gasteiger partial charge in [-0.05, 0) is 31.9 Å². The maximum Gasteiger partial charge on any atom is 0.191 e. The monoisotopic (exact) mass is 265 g/mol. The van der Waals surface area contributed by atoms with Crippen molar-refractivity contribution >= 4 is 5.96 Å². The third-order valence-corrected chi connectivity index (χ3v) is 2.69. The van der Waals surface area contributed by atoms with E-state index in [1.807, 2.05) is 6.92 Å². The summed E-state index contributed by atoms with van der Waals surface area (Å²) in [5, 5.41) is 6.51. The van der Waals surface area contributed by atoms with Crippen molar-refractivity contribution in [2.75, 3.05) is 19.7 Å². The summed E-state index contributed by atoms with van der Waals surface area (Å²) >= 11 is 0. The second kappa shape index (κ2) is 6.97. The van der Waals surface area contributed by atoms with E-state index < -0.39 is 0 Å². The molecule has 0 aromatic heterocycles. The Balaban J connectivity index is 1.73. The highest BCUT2D eigenvalue weighted by Crippen LogP contribution is 2.18. The van der Waals surface area contributed by atoms with Crippen LogP contribution in [0, 0.1) is 5.82 Å². The van der Waals surface area contributed by atoms with E-state index in [9.17, 15) is 4.39 Å². The number of halogens is 1. The number of guanidine groups is 1. The number of hydrogen-bond acceptors (Lipinski definition) is 2. The Kier molecular flexibility index (Phi) is 5.01. The van der Waals surface area contributed by atoms with Crippen LogP contribution in [0.5, 0.6) is 5.75 Å². The van der Waals surface area contributed by atoms with Gasteiger partial charge < -0.3 is 15.4 Å². The molecule has 0 heterocycles. The largest absolute Gasteiger partial charge is 0.492 e. The topological polar surface area (TPSA) is 45.7 Å². The molecular weight excluding hydrogens is 245 g/mol. The number of hydrogen-bond donors (Lipinski definition) is 2. The predicted molar refractivity (Wildman–Crippen MR) is 74.0 cm³/mol. The first-order valence-corrected chi connectivity index (χ1v) is 6.71. The van der Waals surface area contributed by atoms with E-state index in [2.05, 4.69) is 15.6 Å². The molecule has 19 heavy (non-hydrogen) atoms. The van der Waals surface area contributed by atoms with E-state index in [0.29, 0.717) is 24.9 Å². The fourth-order valence-corrected chi connectivity index (χ4v) is 1.62. The fourth-order valence-electron chi connectivity index (χ4n) is 1.62. The van der Waals surface area contributed by atoms with E-state index >= 15 is 0 Å². The predicted octanol–water partition coefficient (Wildman–Crippen LogP) is 1.92. The second-order valence-electron chi connectivity index (χ2n) is 4.49. The number of ether oxygens (including phenoxy) is 1. The van der Waals surface area contributed by atoms with E-state index in [1.165, 1.54) is 25.0 Å². The van der Waals surface area contributed by atoms with Gasteiger partial charge in [-0.25, -0.2) is 9.38 Å². The molecule has 1 aliphatic rings. The Bertz CT molecular complexity index is 432. The lowest BCUT2D eigenvalue weighted by Gasteiger charge is -2.10. The molecule has 0 aliphatic heterocycles. The molecular formula is C14H20FN3O. The lowest BCUT2D eigenvalue weighted by atomic mass is 10.3. The zero-order valence-corrected chi connectivity index (χ0v) is 11.2. The minimum atomic E-state index is -0.287. The maximum atomic E-state index is 12.9. The summed E-state index contributed by atoms with van der Waals surface area (Å²) in [6.07, 6.45) is 2.43. The van der Waals surface area contributed by atoms with Gasteiger partial charge in [0.25, 0.3) is 0 Å².